The molecule has 3 aromatic carbocycles. The van der Waals surface area contributed by atoms with Gasteiger partial charge in [-0.2, -0.15) is 6.08 Å². The van der Waals surface area contributed by atoms with Gasteiger partial charge in [-0.3, -0.25) is 6.08 Å². The van der Waals surface area contributed by atoms with Crippen molar-refractivity contribution in [2.24, 2.45) is 0 Å². The Hall–Kier alpha value is -0.0962. The number of hydrogen-bond acceptors (Lipinski definition) is 0. The van der Waals surface area contributed by atoms with Crippen LogP contribution in [0.15, 0.2) is 60.7 Å². The van der Waals surface area contributed by atoms with Crippen LogP contribution in [-0.4, -0.2) is 21.6 Å². The summed E-state index contributed by atoms with van der Waals surface area (Å²) in [5.41, 5.74) is 0.397. The third-order valence-electron chi connectivity index (χ3n) is 5.98. The van der Waals surface area contributed by atoms with E-state index in [0.29, 0.717) is 5.43 Å². The van der Waals surface area contributed by atoms with Crippen LogP contribution in [-0.2, 0) is 23.3 Å². The molecule has 6 heteroatoms. The van der Waals surface area contributed by atoms with Gasteiger partial charge < -0.3 is 24.8 Å². The second-order valence-electron chi connectivity index (χ2n) is 10.7. The number of allylic oxidation sites excluding steroid dienone is 4. The Morgan fingerprint density at radius 1 is 0.818 bits per heavy atom. The van der Waals surface area contributed by atoms with Gasteiger partial charge in [-0.05, 0) is 0 Å². The molecule has 1 fully saturated rings. The first-order valence-electron chi connectivity index (χ1n) is 11.5. The van der Waals surface area contributed by atoms with Crippen molar-refractivity contribution in [3.05, 3.63) is 66.8 Å². The minimum absolute atomic E-state index is 0. The molecule has 1 aliphatic heterocycles. The number of hydrogen-bond donors (Lipinski definition) is 0. The second kappa shape index (κ2) is 13.3. The quantitative estimate of drug-likeness (QED) is 0.302. The van der Waals surface area contributed by atoms with Gasteiger partial charge in [0.1, 0.15) is 0 Å². The molecule has 0 N–H and O–H groups in total. The molecule has 5 rings (SSSR count). The van der Waals surface area contributed by atoms with Gasteiger partial charge >= 0.3 is 47.3 Å². The monoisotopic (exact) mass is 604 g/mol. The summed E-state index contributed by atoms with van der Waals surface area (Å²) in [5.74, 6) is 0. The molecule has 0 atom stereocenters. The van der Waals surface area contributed by atoms with Crippen molar-refractivity contribution in [1.29, 1.82) is 0 Å². The normalized spacial score (nSPS) is 14.5. The van der Waals surface area contributed by atoms with E-state index in [0.717, 1.165) is 6.42 Å². The molecule has 1 heterocycles. The summed E-state index contributed by atoms with van der Waals surface area (Å²) >= 11 is 1.86. The molecule has 0 aromatic heterocycles. The van der Waals surface area contributed by atoms with Crippen molar-refractivity contribution < 1.29 is 48.1 Å². The van der Waals surface area contributed by atoms with Crippen LogP contribution in [0.3, 0.4) is 0 Å². The van der Waals surface area contributed by atoms with Crippen LogP contribution in [0.25, 0.3) is 21.5 Å². The summed E-state index contributed by atoms with van der Waals surface area (Å²) in [6.07, 6.45) is 11.6. The second-order valence-corrected chi connectivity index (χ2v) is 28.3. The van der Waals surface area contributed by atoms with E-state index in [-0.39, 0.29) is 24.8 Å². The first-order chi connectivity index (χ1) is 14.6. The van der Waals surface area contributed by atoms with Gasteiger partial charge in [0.2, 0.25) is 0 Å². The topological polar surface area (TPSA) is 0 Å². The molecule has 0 spiro atoms. The van der Waals surface area contributed by atoms with Crippen molar-refractivity contribution >= 4 is 53.5 Å². The van der Waals surface area contributed by atoms with E-state index in [1.165, 1.54) is 21.5 Å². The van der Waals surface area contributed by atoms with Gasteiger partial charge in [0.15, 0.2) is 0 Å². The maximum atomic E-state index is 2.99. The fraction of sp³-hybridized carbons (Fsp3) is 0.370. The van der Waals surface area contributed by atoms with Crippen LogP contribution >= 0.6 is 0 Å². The molecule has 0 nitrogen and oxygen atoms in total. The summed E-state index contributed by atoms with van der Waals surface area (Å²) in [4.78, 5) is 0. The number of halogens is 2. The van der Waals surface area contributed by atoms with Gasteiger partial charge in [0, 0.05) is 0 Å². The third kappa shape index (κ3) is 8.81. The molecule has 33 heavy (non-hydrogen) atoms. The van der Waals surface area contributed by atoms with Crippen molar-refractivity contribution in [2.75, 3.05) is 0 Å². The van der Waals surface area contributed by atoms with E-state index in [1.807, 2.05) is 35.5 Å². The SMILES string of the molecule is C[Si](C)(C)c1ccc2c(c1)[cH-]c1cc([Si](C)(C)C)ccc12.[C-]1=CC=CC1.[Cl-].[Cl-].[Zr+2]=[Si]1CCC1. The van der Waals surface area contributed by atoms with Gasteiger partial charge in [-0.15, -0.1) is 46.2 Å². The molecule has 0 unspecified atom stereocenters. The van der Waals surface area contributed by atoms with Gasteiger partial charge in [0.25, 0.3) is 0 Å². The molecule has 0 radical (unpaired) electrons. The summed E-state index contributed by atoms with van der Waals surface area (Å²) < 4.78 is 0. The van der Waals surface area contributed by atoms with Gasteiger partial charge in [-0.1, -0.05) is 73.9 Å². The van der Waals surface area contributed by atoms with E-state index in [9.17, 15) is 0 Å². The van der Waals surface area contributed by atoms with Crippen molar-refractivity contribution in [3.8, 4) is 0 Å². The Balaban J connectivity index is 0.000000375. The van der Waals surface area contributed by atoms with E-state index >= 15 is 0 Å². The summed E-state index contributed by atoms with van der Waals surface area (Å²) in [6, 6.07) is 19.9. The number of fused-ring (bicyclic) bond motifs is 3. The molecule has 1 aliphatic carbocycles. The molecule has 2 aliphatic rings. The van der Waals surface area contributed by atoms with Crippen LogP contribution in [0.5, 0.6) is 0 Å². The van der Waals surface area contributed by atoms with Crippen molar-refractivity contribution in [1.82, 2.24) is 0 Å². The minimum atomic E-state index is -1.23. The molecule has 0 amide bonds. The van der Waals surface area contributed by atoms with E-state index in [4.69, 9.17) is 0 Å². The van der Waals surface area contributed by atoms with Crippen LogP contribution in [0.4, 0.5) is 0 Å². The van der Waals surface area contributed by atoms with E-state index < -0.39 is 16.1 Å². The first kappa shape index (κ1) is 30.9. The Morgan fingerprint density at radius 3 is 1.52 bits per heavy atom. The third-order valence-corrected chi connectivity index (χ3v) is 15.7. The molecule has 176 valence electrons. The number of rotatable bonds is 2. The van der Waals surface area contributed by atoms with Gasteiger partial charge in [-0.25, -0.2) is 12.2 Å². The fourth-order valence-corrected chi connectivity index (χ4v) is 9.31. The zero-order valence-electron chi connectivity index (χ0n) is 20.9. The molecular formula is C27H36Cl2Si3Zr-2. The molecule has 0 bridgehead atoms. The zero-order chi connectivity index (χ0) is 22.6. The standard InChI is InChI=1S/C19H25Si2.C5H5.C3H6Si.2ClH.Zr/c1-20(2,3)16-7-9-18-14(12-16)11-15-13-17(21(4,5)6)8-10-19(15)18;1-2-4-5-3-1;1-2-4-3-1;;;/h7-13H,1-6H3;1-3H,4H2;1-3H2;2*1H;/q2*-1;;;;+2/p-2. The average molecular weight is 607 g/mol. The zero-order valence-corrected chi connectivity index (χ0v) is 27.8. The Kier molecular flexibility index (Phi) is 12.4. The van der Waals surface area contributed by atoms with Crippen LogP contribution in [0.1, 0.15) is 12.8 Å². The first-order valence-corrected chi connectivity index (χ1v) is 24.1. The van der Waals surface area contributed by atoms with E-state index in [1.54, 1.807) is 28.9 Å². The molecule has 3 aromatic rings. The molecule has 1 saturated heterocycles. The van der Waals surface area contributed by atoms with Gasteiger partial charge in [0.05, 0.1) is 16.1 Å². The van der Waals surface area contributed by atoms with Crippen LogP contribution in [0, 0.1) is 6.08 Å². The fourth-order valence-electron chi connectivity index (χ4n) is 3.65. The average Bonchev–Trinajstić information content (AvgIpc) is 3.35. The van der Waals surface area contributed by atoms with Crippen molar-refractivity contribution in [2.45, 2.75) is 64.2 Å². The predicted octanol–water partition coefficient (Wildman–Crippen LogP) is 1.04. The summed E-state index contributed by atoms with van der Waals surface area (Å²) in [5, 5.41) is 8.75. The molecular weight excluding hydrogens is 571 g/mol. The molecule has 0 saturated carbocycles. The Bertz CT molecular complexity index is 1050. The van der Waals surface area contributed by atoms with E-state index in [2.05, 4.69) is 93.9 Å². The summed E-state index contributed by atoms with van der Waals surface area (Å²) in [7, 11) is -2.47. The van der Waals surface area contributed by atoms with Crippen LogP contribution in [0.2, 0.25) is 51.4 Å². The maximum absolute atomic E-state index is 2.99. The Labute approximate surface area is 230 Å². The number of benzene rings is 2. The predicted molar refractivity (Wildman–Crippen MR) is 145 cm³/mol. The van der Waals surface area contributed by atoms with Crippen molar-refractivity contribution in [3.63, 3.8) is 0 Å². The summed E-state index contributed by atoms with van der Waals surface area (Å²) in [6.45, 7) is 14.5. The van der Waals surface area contributed by atoms with Crippen LogP contribution < -0.4 is 35.2 Å². The Morgan fingerprint density at radius 2 is 1.27 bits per heavy atom.